The molecule has 0 aliphatic heterocycles. The Morgan fingerprint density at radius 2 is 2.07 bits per heavy atom. The van der Waals surface area contributed by atoms with Crippen LogP contribution in [0.5, 0.6) is 0 Å². The van der Waals surface area contributed by atoms with Crippen molar-refractivity contribution in [2.24, 2.45) is 5.92 Å². The maximum Gasteiger partial charge on any atom is 0.0589 e. The minimum atomic E-state index is 0.599. The number of hydrogen-bond acceptors (Lipinski definition) is 3. The van der Waals surface area contributed by atoms with Gasteiger partial charge in [-0.25, -0.2) is 0 Å². The van der Waals surface area contributed by atoms with E-state index in [-0.39, 0.29) is 0 Å². The normalized spacial score (nSPS) is 18.8. The number of likely N-dealkylation sites (N-methyl/N-ethyl adjacent to an activating group) is 1. The van der Waals surface area contributed by atoms with Crippen molar-refractivity contribution in [1.82, 2.24) is 10.2 Å². The van der Waals surface area contributed by atoms with Crippen LogP contribution in [0.2, 0.25) is 0 Å². The zero-order valence-electron chi connectivity index (χ0n) is 10.6. The summed E-state index contributed by atoms with van der Waals surface area (Å²) in [5.74, 6) is 0.693. The zero-order chi connectivity index (χ0) is 11.3. The van der Waals surface area contributed by atoms with Gasteiger partial charge in [-0.05, 0) is 25.8 Å². The minimum absolute atomic E-state index is 0.599. The lowest BCUT2D eigenvalue weighted by molar-refractivity contribution is 0.131. The van der Waals surface area contributed by atoms with Crippen molar-refractivity contribution in [3.8, 4) is 0 Å². The van der Waals surface area contributed by atoms with Gasteiger partial charge in [0.05, 0.1) is 6.61 Å². The van der Waals surface area contributed by atoms with Crippen LogP contribution in [0.3, 0.4) is 0 Å². The predicted molar refractivity (Wildman–Crippen MR) is 64.2 cm³/mol. The molecule has 1 rings (SSSR count). The van der Waals surface area contributed by atoms with Gasteiger partial charge < -0.3 is 10.1 Å². The third-order valence-electron chi connectivity index (χ3n) is 3.25. The van der Waals surface area contributed by atoms with Crippen LogP contribution in [-0.2, 0) is 4.74 Å². The third kappa shape index (κ3) is 4.49. The number of hydrogen-bond donors (Lipinski definition) is 1. The van der Waals surface area contributed by atoms with Crippen LogP contribution >= 0.6 is 0 Å². The molecule has 0 radical (unpaired) electrons. The molecule has 1 aliphatic carbocycles. The molecule has 0 aromatic carbocycles. The Bertz CT molecular complexity index is 169. The second-order valence-electron chi connectivity index (χ2n) is 4.86. The lowest BCUT2D eigenvalue weighted by Crippen LogP contribution is -2.44. The Morgan fingerprint density at radius 1 is 1.40 bits per heavy atom. The molecule has 3 nitrogen and oxygen atoms in total. The fourth-order valence-electron chi connectivity index (χ4n) is 1.96. The molecule has 0 amide bonds. The van der Waals surface area contributed by atoms with Crippen LogP contribution < -0.4 is 5.32 Å². The predicted octanol–water partition coefficient (Wildman–Crippen LogP) is 1.34. The van der Waals surface area contributed by atoms with E-state index in [1.807, 2.05) is 0 Å². The molecular weight excluding hydrogens is 188 g/mol. The molecule has 1 N–H and O–H groups in total. The monoisotopic (exact) mass is 214 g/mol. The highest BCUT2D eigenvalue weighted by atomic mass is 16.5. The highest BCUT2D eigenvalue weighted by molar-refractivity contribution is 4.87. The first-order valence-electron chi connectivity index (χ1n) is 6.09. The number of ether oxygens (including phenoxy) is 1. The first kappa shape index (κ1) is 12.9. The van der Waals surface area contributed by atoms with Crippen molar-refractivity contribution < 1.29 is 4.74 Å². The van der Waals surface area contributed by atoms with E-state index in [1.165, 1.54) is 12.8 Å². The van der Waals surface area contributed by atoms with Crippen molar-refractivity contribution in [1.29, 1.82) is 0 Å². The maximum absolute atomic E-state index is 5.16. The highest BCUT2D eigenvalue weighted by Gasteiger charge is 2.30. The van der Waals surface area contributed by atoms with E-state index < -0.39 is 0 Å². The lowest BCUT2D eigenvalue weighted by Gasteiger charge is -2.29. The van der Waals surface area contributed by atoms with E-state index in [0.717, 1.165) is 25.7 Å². The van der Waals surface area contributed by atoms with Crippen molar-refractivity contribution in [3.63, 3.8) is 0 Å². The zero-order valence-corrected chi connectivity index (χ0v) is 10.6. The minimum Gasteiger partial charge on any atom is -0.383 e. The Kier molecular flexibility index (Phi) is 5.58. The van der Waals surface area contributed by atoms with Gasteiger partial charge in [0.1, 0.15) is 0 Å². The topological polar surface area (TPSA) is 24.5 Å². The Balaban J connectivity index is 2.34. The molecule has 1 atom stereocenters. The van der Waals surface area contributed by atoms with Gasteiger partial charge in [-0.15, -0.1) is 0 Å². The molecule has 15 heavy (non-hydrogen) atoms. The summed E-state index contributed by atoms with van der Waals surface area (Å²) in [6.45, 7) is 7.64. The second kappa shape index (κ2) is 6.46. The van der Waals surface area contributed by atoms with E-state index in [2.05, 4.69) is 31.1 Å². The van der Waals surface area contributed by atoms with Crippen LogP contribution in [0.1, 0.15) is 26.7 Å². The van der Waals surface area contributed by atoms with Crippen molar-refractivity contribution in [2.45, 2.75) is 38.8 Å². The van der Waals surface area contributed by atoms with E-state index in [4.69, 9.17) is 4.74 Å². The lowest BCUT2D eigenvalue weighted by atomic mass is 10.0. The maximum atomic E-state index is 5.16. The molecule has 1 fully saturated rings. The van der Waals surface area contributed by atoms with Gasteiger partial charge in [0.2, 0.25) is 0 Å². The Hall–Kier alpha value is -0.120. The summed E-state index contributed by atoms with van der Waals surface area (Å²) >= 11 is 0. The van der Waals surface area contributed by atoms with Crippen molar-refractivity contribution in [3.05, 3.63) is 0 Å². The molecule has 3 heteroatoms. The highest BCUT2D eigenvalue weighted by Crippen LogP contribution is 2.27. The Labute approximate surface area is 94.2 Å². The summed E-state index contributed by atoms with van der Waals surface area (Å²) in [5.41, 5.74) is 0. The van der Waals surface area contributed by atoms with E-state index in [0.29, 0.717) is 12.0 Å². The van der Waals surface area contributed by atoms with E-state index >= 15 is 0 Å². The van der Waals surface area contributed by atoms with Gasteiger partial charge in [-0.1, -0.05) is 13.8 Å². The summed E-state index contributed by atoms with van der Waals surface area (Å²) < 4.78 is 5.16. The summed E-state index contributed by atoms with van der Waals surface area (Å²) in [6.07, 6.45) is 2.75. The fourth-order valence-corrected chi connectivity index (χ4v) is 1.96. The van der Waals surface area contributed by atoms with Gasteiger partial charge in [-0.3, -0.25) is 4.90 Å². The van der Waals surface area contributed by atoms with Crippen LogP contribution in [-0.4, -0.2) is 50.8 Å². The first-order valence-corrected chi connectivity index (χ1v) is 6.09. The second-order valence-corrected chi connectivity index (χ2v) is 4.86. The Morgan fingerprint density at radius 3 is 2.47 bits per heavy atom. The third-order valence-corrected chi connectivity index (χ3v) is 3.25. The van der Waals surface area contributed by atoms with E-state index in [1.54, 1.807) is 7.11 Å². The van der Waals surface area contributed by atoms with Crippen molar-refractivity contribution in [2.75, 3.05) is 33.9 Å². The summed E-state index contributed by atoms with van der Waals surface area (Å²) in [6, 6.07) is 1.43. The molecule has 0 spiro atoms. The molecule has 0 heterocycles. The molecule has 0 aromatic rings. The summed E-state index contributed by atoms with van der Waals surface area (Å²) in [5, 5.41) is 3.41. The number of rotatable bonds is 8. The van der Waals surface area contributed by atoms with Crippen molar-refractivity contribution >= 4 is 0 Å². The molecule has 1 unspecified atom stereocenters. The molecule has 1 aliphatic rings. The van der Waals surface area contributed by atoms with Gasteiger partial charge in [0, 0.05) is 32.3 Å². The van der Waals surface area contributed by atoms with Crippen LogP contribution in [0.25, 0.3) is 0 Å². The molecule has 0 aromatic heterocycles. The largest absolute Gasteiger partial charge is 0.383 e. The summed E-state index contributed by atoms with van der Waals surface area (Å²) in [4.78, 5) is 2.57. The van der Waals surface area contributed by atoms with Gasteiger partial charge in [0.15, 0.2) is 0 Å². The summed E-state index contributed by atoms with van der Waals surface area (Å²) in [7, 11) is 3.84. The van der Waals surface area contributed by atoms with Crippen LogP contribution in [0.4, 0.5) is 0 Å². The number of nitrogens with one attached hydrogen (secondary N) is 1. The van der Waals surface area contributed by atoms with Crippen LogP contribution in [0, 0.1) is 5.92 Å². The standard InChI is InChI=1S/C12H26N2O/c1-10(2)12(13-3)9-14(7-8-15-4)11-5-6-11/h10-13H,5-9H2,1-4H3. The fraction of sp³-hybridized carbons (Fsp3) is 1.00. The van der Waals surface area contributed by atoms with E-state index in [9.17, 15) is 0 Å². The van der Waals surface area contributed by atoms with Crippen LogP contribution in [0.15, 0.2) is 0 Å². The molecular formula is C12H26N2O. The molecule has 90 valence electrons. The van der Waals surface area contributed by atoms with Gasteiger partial charge >= 0.3 is 0 Å². The smallest absolute Gasteiger partial charge is 0.0589 e. The SMILES string of the molecule is CNC(CN(CCOC)C1CC1)C(C)C. The average molecular weight is 214 g/mol. The quantitative estimate of drug-likeness (QED) is 0.660. The molecule has 0 bridgehead atoms. The average Bonchev–Trinajstić information content (AvgIpc) is 3.01. The number of methoxy groups -OCH3 is 1. The number of nitrogens with zero attached hydrogens (tertiary/aromatic N) is 1. The first-order chi connectivity index (χ1) is 7.19. The van der Waals surface area contributed by atoms with Gasteiger partial charge in [-0.2, -0.15) is 0 Å². The van der Waals surface area contributed by atoms with Gasteiger partial charge in [0.25, 0.3) is 0 Å². The molecule has 0 saturated heterocycles. The molecule has 1 saturated carbocycles.